The first-order valence-electron chi connectivity index (χ1n) is 9.31. The van der Waals surface area contributed by atoms with E-state index in [1.165, 1.54) is 29.2 Å². The van der Waals surface area contributed by atoms with Gasteiger partial charge >= 0.3 is 11.7 Å². The maximum Gasteiger partial charge on any atom is 0.419 e. The number of hydrogen-bond donors (Lipinski definition) is 3. The van der Waals surface area contributed by atoms with Crippen molar-refractivity contribution < 1.29 is 33.3 Å². The molecule has 0 bridgehead atoms. The third-order valence-electron chi connectivity index (χ3n) is 4.51. The van der Waals surface area contributed by atoms with Gasteiger partial charge in [-0.2, -0.15) is 0 Å². The minimum absolute atomic E-state index is 0.0380. The standard InChI is InChI=1S/C19H22ClN3O8/c1-11(17-22-3-5-28-17)30-14-7-15-13(6-12(14)20)23(18(27)31-15)4-2-16(26)29-10-19(21,8-24)9-25/h3,5-7,11,24-25H,2,4,8-10,21H2,1H3/t11-/m1/s1. The summed E-state index contributed by atoms with van der Waals surface area (Å²) in [5.41, 5.74) is 4.81. The van der Waals surface area contributed by atoms with Gasteiger partial charge in [0.15, 0.2) is 11.7 Å². The summed E-state index contributed by atoms with van der Waals surface area (Å²) in [7, 11) is 0. The van der Waals surface area contributed by atoms with Gasteiger partial charge in [0.1, 0.15) is 18.6 Å². The molecule has 31 heavy (non-hydrogen) atoms. The van der Waals surface area contributed by atoms with Gasteiger partial charge in [-0.3, -0.25) is 9.36 Å². The highest BCUT2D eigenvalue weighted by molar-refractivity contribution is 6.32. The van der Waals surface area contributed by atoms with Gasteiger partial charge < -0.3 is 34.3 Å². The highest BCUT2D eigenvalue weighted by atomic mass is 35.5. The predicted molar refractivity (Wildman–Crippen MR) is 108 cm³/mol. The maximum absolute atomic E-state index is 12.2. The van der Waals surface area contributed by atoms with Crippen LogP contribution in [0.25, 0.3) is 11.1 Å². The van der Waals surface area contributed by atoms with Crippen molar-refractivity contribution in [3.63, 3.8) is 0 Å². The number of aromatic nitrogens is 2. The van der Waals surface area contributed by atoms with Crippen molar-refractivity contribution in [3.05, 3.63) is 46.1 Å². The number of fused-ring (bicyclic) bond motifs is 1. The lowest BCUT2D eigenvalue weighted by Crippen LogP contribution is -2.51. The molecule has 0 saturated carbocycles. The highest BCUT2D eigenvalue weighted by Crippen LogP contribution is 2.33. The summed E-state index contributed by atoms with van der Waals surface area (Å²) in [4.78, 5) is 28.2. The molecule has 3 rings (SSSR count). The molecule has 0 fully saturated rings. The average Bonchev–Trinajstić information content (AvgIpc) is 3.39. The maximum atomic E-state index is 12.2. The van der Waals surface area contributed by atoms with Crippen molar-refractivity contribution in [2.75, 3.05) is 19.8 Å². The molecule has 2 heterocycles. The molecule has 1 aromatic carbocycles. The number of carbonyl (C=O) groups excluding carboxylic acids is 1. The minimum atomic E-state index is -1.43. The number of aryl methyl sites for hydroxylation is 1. The van der Waals surface area contributed by atoms with E-state index in [0.717, 1.165) is 0 Å². The average molecular weight is 456 g/mol. The molecule has 0 radical (unpaired) electrons. The lowest BCUT2D eigenvalue weighted by molar-refractivity contribution is -0.146. The predicted octanol–water partition coefficient (Wildman–Crippen LogP) is 0.991. The summed E-state index contributed by atoms with van der Waals surface area (Å²) < 4.78 is 22.4. The zero-order valence-electron chi connectivity index (χ0n) is 16.6. The first-order chi connectivity index (χ1) is 14.8. The van der Waals surface area contributed by atoms with Crippen LogP contribution in [-0.4, -0.2) is 51.1 Å². The molecule has 168 valence electrons. The van der Waals surface area contributed by atoms with Crippen LogP contribution in [0.4, 0.5) is 0 Å². The molecule has 3 aromatic rings. The Kier molecular flexibility index (Phi) is 7.01. The summed E-state index contributed by atoms with van der Waals surface area (Å²) >= 11 is 6.30. The largest absolute Gasteiger partial charge is 0.479 e. The number of nitrogens with two attached hydrogens (primary N) is 1. The Labute approximate surface area is 180 Å². The van der Waals surface area contributed by atoms with Gasteiger partial charge in [0, 0.05) is 12.6 Å². The second kappa shape index (κ2) is 9.52. The molecule has 11 nitrogen and oxygen atoms in total. The van der Waals surface area contributed by atoms with E-state index in [1.807, 2.05) is 0 Å². The number of ether oxygens (including phenoxy) is 2. The minimum Gasteiger partial charge on any atom is -0.479 e. The van der Waals surface area contributed by atoms with Crippen molar-refractivity contribution >= 4 is 28.7 Å². The summed E-state index contributed by atoms with van der Waals surface area (Å²) in [6.07, 6.45) is 2.22. The van der Waals surface area contributed by atoms with Crippen molar-refractivity contribution in [2.45, 2.75) is 31.5 Å². The van der Waals surface area contributed by atoms with Gasteiger partial charge in [-0.25, -0.2) is 9.78 Å². The van der Waals surface area contributed by atoms with Crippen LogP contribution in [0.1, 0.15) is 25.3 Å². The molecular weight excluding hydrogens is 434 g/mol. The summed E-state index contributed by atoms with van der Waals surface area (Å²) in [6.45, 7) is 0.210. The van der Waals surface area contributed by atoms with E-state index < -0.39 is 36.6 Å². The van der Waals surface area contributed by atoms with E-state index in [2.05, 4.69) is 4.98 Å². The Morgan fingerprint density at radius 3 is 2.77 bits per heavy atom. The van der Waals surface area contributed by atoms with E-state index in [9.17, 15) is 9.59 Å². The zero-order chi connectivity index (χ0) is 22.6. The first kappa shape index (κ1) is 22.8. The van der Waals surface area contributed by atoms with Crippen molar-refractivity contribution in [1.82, 2.24) is 9.55 Å². The number of hydrogen-bond acceptors (Lipinski definition) is 10. The second-order valence-corrected chi connectivity index (χ2v) is 7.40. The molecule has 0 aliphatic heterocycles. The fraction of sp³-hybridized carbons (Fsp3) is 0.421. The Bertz CT molecular complexity index is 1090. The Morgan fingerprint density at radius 2 is 2.13 bits per heavy atom. The molecule has 4 N–H and O–H groups in total. The topological polar surface area (TPSA) is 163 Å². The highest BCUT2D eigenvalue weighted by Gasteiger charge is 2.25. The first-order valence-corrected chi connectivity index (χ1v) is 9.69. The van der Waals surface area contributed by atoms with E-state index in [0.29, 0.717) is 11.4 Å². The van der Waals surface area contributed by atoms with Gasteiger partial charge in [0.25, 0.3) is 0 Å². The van der Waals surface area contributed by atoms with E-state index in [4.69, 9.17) is 45.9 Å². The Morgan fingerprint density at radius 1 is 1.39 bits per heavy atom. The number of aliphatic hydroxyl groups excluding tert-OH is 2. The number of rotatable bonds is 10. The number of carbonyl (C=O) groups is 1. The molecule has 1 atom stereocenters. The van der Waals surface area contributed by atoms with Crippen molar-refractivity contribution in [2.24, 2.45) is 5.73 Å². The smallest absolute Gasteiger partial charge is 0.419 e. The molecule has 2 aromatic heterocycles. The van der Waals surface area contributed by atoms with Crippen LogP contribution in [0, 0.1) is 0 Å². The molecule has 0 aliphatic carbocycles. The quantitative estimate of drug-likeness (QED) is 0.375. The van der Waals surface area contributed by atoms with Gasteiger partial charge in [-0.15, -0.1) is 0 Å². The third-order valence-corrected chi connectivity index (χ3v) is 4.81. The van der Waals surface area contributed by atoms with Crippen LogP contribution in [-0.2, 0) is 16.1 Å². The summed E-state index contributed by atoms with van der Waals surface area (Å²) in [5.74, 6) is -0.718. The van der Waals surface area contributed by atoms with Gasteiger partial charge in [0.05, 0.1) is 41.9 Å². The van der Waals surface area contributed by atoms with Crippen LogP contribution in [0.15, 0.2) is 38.2 Å². The third kappa shape index (κ3) is 5.25. The fourth-order valence-electron chi connectivity index (χ4n) is 2.68. The zero-order valence-corrected chi connectivity index (χ0v) is 17.4. The molecule has 12 heteroatoms. The van der Waals surface area contributed by atoms with Gasteiger partial charge in [-0.1, -0.05) is 11.6 Å². The SMILES string of the molecule is C[C@@H](Oc1cc2oc(=O)n(CCC(=O)OCC(N)(CO)CO)c2cc1Cl)c1ncco1. The van der Waals surface area contributed by atoms with Crippen LogP contribution in [0.5, 0.6) is 5.75 Å². The van der Waals surface area contributed by atoms with Gasteiger partial charge in [-0.05, 0) is 13.0 Å². The van der Waals surface area contributed by atoms with Crippen molar-refractivity contribution in [3.8, 4) is 5.75 Å². The molecule has 0 unspecified atom stereocenters. The Hall–Kier alpha value is -2.86. The number of nitrogens with zero attached hydrogens (tertiary/aromatic N) is 2. The molecule has 0 saturated heterocycles. The van der Waals surface area contributed by atoms with Gasteiger partial charge in [0.2, 0.25) is 5.89 Å². The number of aliphatic hydroxyl groups is 2. The van der Waals surface area contributed by atoms with Crippen LogP contribution in [0.3, 0.4) is 0 Å². The van der Waals surface area contributed by atoms with E-state index in [-0.39, 0.29) is 35.9 Å². The monoisotopic (exact) mass is 455 g/mol. The van der Waals surface area contributed by atoms with E-state index >= 15 is 0 Å². The van der Waals surface area contributed by atoms with Crippen molar-refractivity contribution in [1.29, 1.82) is 0 Å². The molecule has 0 amide bonds. The number of benzene rings is 1. The second-order valence-electron chi connectivity index (χ2n) is 6.99. The summed E-state index contributed by atoms with van der Waals surface area (Å²) in [5, 5.41) is 18.5. The Balaban J connectivity index is 1.71. The number of halogens is 1. The lowest BCUT2D eigenvalue weighted by atomic mass is 10.1. The van der Waals surface area contributed by atoms with E-state index in [1.54, 1.807) is 6.92 Å². The van der Waals surface area contributed by atoms with Crippen LogP contribution in [0.2, 0.25) is 5.02 Å². The van der Waals surface area contributed by atoms with Crippen LogP contribution < -0.4 is 16.2 Å². The number of oxazole rings is 2. The molecule has 0 spiro atoms. The molecular formula is C19H22ClN3O8. The normalized spacial score (nSPS) is 12.8. The number of esters is 1. The fourth-order valence-corrected chi connectivity index (χ4v) is 2.89. The molecule has 0 aliphatic rings. The lowest BCUT2D eigenvalue weighted by Gasteiger charge is -2.23. The van der Waals surface area contributed by atoms with Crippen LogP contribution >= 0.6 is 11.6 Å². The summed E-state index contributed by atoms with van der Waals surface area (Å²) in [6, 6.07) is 2.96.